The second-order valence-electron chi connectivity index (χ2n) is 6.07. The van der Waals surface area contributed by atoms with Crippen molar-refractivity contribution in [2.45, 2.75) is 24.7 Å². The van der Waals surface area contributed by atoms with Gasteiger partial charge in [-0.1, -0.05) is 18.2 Å². The molecule has 2 rings (SSSR count). The summed E-state index contributed by atoms with van der Waals surface area (Å²) >= 11 is 0. The molecule has 5 nitrogen and oxygen atoms in total. The van der Waals surface area contributed by atoms with Crippen LogP contribution < -0.4 is 10.6 Å². The summed E-state index contributed by atoms with van der Waals surface area (Å²) in [5.41, 5.74) is 0.714. The van der Waals surface area contributed by atoms with Crippen molar-refractivity contribution in [3.63, 3.8) is 0 Å². The Labute approximate surface area is 166 Å². The standard InChI is InChI=1S/C18H28FN3O2.HI/c1-20-17(21-10-5-11-24-13-12-23-2)22-14-18(8-9-18)15-6-3-4-7-16(15)19;/h3-4,6-7H,5,8-14H2,1-2H3,(H2,20,21,22);1H. The molecule has 0 unspecified atom stereocenters. The Bertz CT molecular complexity index is 539. The lowest BCUT2D eigenvalue weighted by molar-refractivity contribution is 0.0698. The van der Waals surface area contributed by atoms with Crippen LogP contribution >= 0.6 is 24.0 Å². The van der Waals surface area contributed by atoms with Gasteiger partial charge in [-0.2, -0.15) is 0 Å². The lowest BCUT2D eigenvalue weighted by Crippen LogP contribution is -2.41. The summed E-state index contributed by atoms with van der Waals surface area (Å²) in [5, 5.41) is 6.58. The Morgan fingerprint density at radius 2 is 1.96 bits per heavy atom. The highest BCUT2D eigenvalue weighted by atomic mass is 127. The first-order chi connectivity index (χ1) is 11.7. The average Bonchev–Trinajstić information content (AvgIpc) is 3.38. The van der Waals surface area contributed by atoms with Gasteiger partial charge in [0.05, 0.1) is 13.2 Å². The van der Waals surface area contributed by atoms with E-state index in [9.17, 15) is 4.39 Å². The molecule has 0 atom stereocenters. The van der Waals surface area contributed by atoms with Gasteiger partial charge in [0.25, 0.3) is 0 Å². The lowest BCUT2D eigenvalue weighted by Gasteiger charge is -2.19. The van der Waals surface area contributed by atoms with Crippen molar-refractivity contribution < 1.29 is 13.9 Å². The van der Waals surface area contributed by atoms with Crippen LogP contribution in [0.4, 0.5) is 4.39 Å². The predicted molar refractivity (Wildman–Crippen MR) is 109 cm³/mol. The van der Waals surface area contributed by atoms with E-state index in [-0.39, 0.29) is 35.2 Å². The van der Waals surface area contributed by atoms with Gasteiger partial charge in [0.15, 0.2) is 5.96 Å². The molecule has 1 saturated carbocycles. The summed E-state index contributed by atoms with van der Waals surface area (Å²) < 4.78 is 24.4. The normalized spacial score (nSPS) is 15.4. The van der Waals surface area contributed by atoms with E-state index in [0.717, 1.165) is 37.3 Å². The molecule has 0 aromatic heterocycles. The van der Waals surface area contributed by atoms with Crippen molar-refractivity contribution in [3.8, 4) is 0 Å². The predicted octanol–water partition coefficient (Wildman–Crippen LogP) is 2.69. The number of methoxy groups -OCH3 is 1. The molecule has 1 aliphatic carbocycles. The average molecular weight is 465 g/mol. The van der Waals surface area contributed by atoms with E-state index in [1.807, 2.05) is 12.1 Å². The number of hydrogen-bond donors (Lipinski definition) is 2. The van der Waals surface area contributed by atoms with E-state index < -0.39 is 0 Å². The van der Waals surface area contributed by atoms with Gasteiger partial charge < -0.3 is 20.1 Å². The first kappa shape index (κ1) is 22.1. The van der Waals surface area contributed by atoms with Crippen molar-refractivity contribution in [1.29, 1.82) is 0 Å². The summed E-state index contributed by atoms with van der Waals surface area (Å²) in [6, 6.07) is 7.05. The third kappa shape index (κ3) is 7.07. The van der Waals surface area contributed by atoms with Gasteiger partial charge in [0.1, 0.15) is 5.82 Å². The highest BCUT2D eigenvalue weighted by Gasteiger charge is 2.45. The minimum Gasteiger partial charge on any atom is -0.382 e. The Hall–Kier alpha value is -0.930. The Morgan fingerprint density at radius 1 is 1.20 bits per heavy atom. The number of nitrogens with zero attached hydrogens (tertiary/aromatic N) is 1. The van der Waals surface area contributed by atoms with Gasteiger partial charge >= 0.3 is 0 Å². The molecule has 1 aliphatic rings. The molecule has 2 N–H and O–H groups in total. The van der Waals surface area contributed by atoms with Crippen LogP contribution in [0.15, 0.2) is 29.3 Å². The van der Waals surface area contributed by atoms with Gasteiger partial charge in [-0.25, -0.2) is 4.39 Å². The molecular weight excluding hydrogens is 436 g/mol. The number of benzene rings is 1. The van der Waals surface area contributed by atoms with Crippen LogP contribution in [0.2, 0.25) is 0 Å². The topological polar surface area (TPSA) is 54.9 Å². The molecule has 0 heterocycles. The van der Waals surface area contributed by atoms with E-state index in [1.54, 1.807) is 20.2 Å². The molecule has 7 heteroatoms. The molecule has 0 spiro atoms. The number of ether oxygens (including phenoxy) is 2. The smallest absolute Gasteiger partial charge is 0.191 e. The highest BCUT2D eigenvalue weighted by molar-refractivity contribution is 14.0. The van der Waals surface area contributed by atoms with Crippen molar-refractivity contribution >= 4 is 29.9 Å². The summed E-state index contributed by atoms with van der Waals surface area (Å²) in [7, 11) is 3.40. The molecule has 0 radical (unpaired) electrons. The maximum Gasteiger partial charge on any atom is 0.191 e. The van der Waals surface area contributed by atoms with Crippen LogP contribution in [0.5, 0.6) is 0 Å². The highest BCUT2D eigenvalue weighted by Crippen LogP contribution is 2.48. The number of hydrogen-bond acceptors (Lipinski definition) is 3. The molecule has 0 amide bonds. The van der Waals surface area contributed by atoms with E-state index in [0.29, 0.717) is 26.4 Å². The van der Waals surface area contributed by atoms with Crippen LogP contribution in [0, 0.1) is 5.82 Å². The van der Waals surface area contributed by atoms with Crippen molar-refractivity contribution in [2.75, 3.05) is 47.1 Å². The first-order valence-corrected chi connectivity index (χ1v) is 8.48. The number of rotatable bonds is 10. The van der Waals surface area contributed by atoms with Gasteiger partial charge in [-0.3, -0.25) is 4.99 Å². The Kier molecular flexibility index (Phi) is 10.3. The maximum atomic E-state index is 14.0. The molecule has 1 aromatic rings. The molecule has 25 heavy (non-hydrogen) atoms. The van der Waals surface area contributed by atoms with E-state index >= 15 is 0 Å². The number of guanidine groups is 1. The Morgan fingerprint density at radius 3 is 2.60 bits per heavy atom. The summed E-state index contributed by atoms with van der Waals surface area (Å²) in [6.07, 6.45) is 2.90. The number of aliphatic imine (C=N–C) groups is 1. The summed E-state index contributed by atoms with van der Waals surface area (Å²) in [5.74, 6) is 0.627. The number of halogens is 2. The molecular formula is C18H29FIN3O2. The molecule has 1 fully saturated rings. The molecule has 142 valence electrons. The van der Waals surface area contributed by atoms with Crippen LogP contribution in [0.3, 0.4) is 0 Å². The van der Waals surface area contributed by atoms with Crippen molar-refractivity contribution in [1.82, 2.24) is 10.6 Å². The van der Waals surface area contributed by atoms with Gasteiger partial charge in [-0.15, -0.1) is 24.0 Å². The zero-order valence-electron chi connectivity index (χ0n) is 15.0. The quantitative estimate of drug-likeness (QED) is 0.242. The van der Waals surface area contributed by atoms with E-state index in [4.69, 9.17) is 9.47 Å². The summed E-state index contributed by atoms with van der Waals surface area (Å²) in [6.45, 7) is 3.40. The fourth-order valence-electron chi connectivity index (χ4n) is 2.68. The molecule has 0 aliphatic heterocycles. The van der Waals surface area contributed by atoms with Crippen LogP contribution in [0.25, 0.3) is 0 Å². The molecule has 0 saturated heterocycles. The fraction of sp³-hybridized carbons (Fsp3) is 0.611. The van der Waals surface area contributed by atoms with Crippen LogP contribution in [0.1, 0.15) is 24.8 Å². The second kappa shape index (κ2) is 11.6. The second-order valence-corrected chi connectivity index (χ2v) is 6.07. The van der Waals surface area contributed by atoms with E-state index in [1.165, 1.54) is 6.07 Å². The zero-order chi connectivity index (χ0) is 17.3. The summed E-state index contributed by atoms with van der Waals surface area (Å²) in [4.78, 5) is 4.22. The van der Waals surface area contributed by atoms with Gasteiger partial charge in [-0.05, 0) is 30.9 Å². The van der Waals surface area contributed by atoms with Crippen LogP contribution in [-0.2, 0) is 14.9 Å². The monoisotopic (exact) mass is 465 g/mol. The first-order valence-electron chi connectivity index (χ1n) is 8.48. The maximum absolute atomic E-state index is 14.0. The third-order valence-electron chi connectivity index (χ3n) is 4.31. The SMILES string of the molecule is CN=C(NCCCOCCOC)NCC1(c2ccccc2F)CC1.I. The zero-order valence-corrected chi connectivity index (χ0v) is 17.3. The minimum atomic E-state index is -0.118. The third-order valence-corrected chi connectivity index (χ3v) is 4.31. The molecule has 0 bridgehead atoms. The minimum absolute atomic E-state index is 0. The van der Waals surface area contributed by atoms with Crippen molar-refractivity contribution in [3.05, 3.63) is 35.6 Å². The van der Waals surface area contributed by atoms with Gasteiger partial charge in [0, 0.05) is 39.3 Å². The molecule has 1 aromatic carbocycles. The van der Waals surface area contributed by atoms with Gasteiger partial charge in [0.2, 0.25) is 0 Å². The van der Waals surface area contributed by atoms with Crippen LogP contribution in [-0.4, -0.2) is 53.0 Å². The van der Waals surface area contributed by atoms with Crippen molar-refractivity contribution in [2.24, 2.45) is 4.99 Å². The Balaban J connectivity index is 0.00000312. The largest absolute Gasteiger partial charge is 0.382 e. The number of nitrogens with one attached hydrogen (secondary N) is 2. The fourth-order valence-corrected chi connectivity index (χ4v) is 2.68. The lowest BCUT2D eigenvalue weighted by atomic mass is 9.95. The van der Waals surface area contributed by atoms with E-state index in [2.05, 4.69) is 15.6 Å².